The van der Waals surface area contributed by atoms with Crippen LogP contribution in [0.5, 0.6) is 0 Å². The molecule has 0 atom stereocenters. The van der Waals surface area contributed by atoms with E-state index in [1.54, 1.807) is 0 Å². The van der Waals surface area contributed by atoms with Crippen LogP contribution in [-0.2, 0) is 0 Å². The van der Waals surface area contributed by atoms with Gasteiger partial charge in [-0.05, 0) is 12.1 Å². The van der Waals surface area contributed by atoms with E-state index in [4.69, 9.17) is 9.97 Å². The molecule has 40 heavy (non-hydrogen) atoms. The summed E-state index contributed by atoms with van der Waals surface area (Å²) in [5.74, 6) is 1.13. The predicted octanol–water partition coefficient (Wildman–Crippen LogP) is 8.41. The normalized spacial score (nSPS) is 11.5. The van der Waals surface area contributed by atoms with Crippen LogP contribution in [0.15, 0.2) is 121 Å². The minimum Gasteiger partial charge on any atom is -0.353 e. The van der Waals surface area contributed by atoms with Crippen LogP contribution >= 0.6 is 0 Å². The van der Waals surface area contributed by atoms with E-state index in [0.717, 1.165) is 54.7 Å². The van der Waals surface area contributed by atoms with Gasteiger partial charge in [0.15, 0.2) is 11.6 Å². The lowest BCUT2D eigenvalue weighted by atomic mass is 10.1. The van der Waals surface area contributed by atoms with Crippen molar-refractivity contribution in [3.63, 3.8) is 0 Å². The number of para-hydroxylation sites is 2. The maximum absolute atomic E-state index is 10.6. The molecule has 8 rings (SSSR count). The van der Waals surface area contributed by atoms with Gasteiger partial charge in [-0.15, -0.1) is 0 Å². The molecule has 0 amide bonds. The summed E-state index contributed by atoms with van der Waals surface area (Å²) in [7, 11) is 0. The van der Waals surface area contributed by atoms with E-state index in [1.165, 1.54) is 0 Å². The van der Waals surface area contributed by atoms with E-state index >= 15 is 0 Å². The average molecular weight is 512 g/mol. The second-order valence-electron chi connectivity index (χ2n) is 9.85. The fourth-order valence-electron chi connectivity index (χ4n) is 5.83. The molecule has 186 valence electrons. The number of H-pyrrole nitrogens is 1. The molecule has 0 radical (unpaired) electrons. The summed E-state index contributed by atoms with van der Waals surface area (Å²) in [5, 5.41) is 15.1. The third kappa shape index (κ3) is 3.20. The van der Waals surface area contributed by atoms with Crippen molar-refractivity contribution in [2.45, 2.75) is 0 Å². The average Bonchev–Trinajstić information content (AvgIpc) is 3.57. The Kier molecular flexibility index (Phi) is 4.82. The highest BCUT2D eigenvalue weighted by Crippen LogP contribution is 2.40. The molecule has 0 spiro atoms. The minimum absolute atomic E-state index is 0.432. The molecule has 5 aromatic carbocycles. The second-order valence-corrected chi connectivity index (χ2v) is 9.85. The summed E-state index contributed by atoms with van der Waals surface area (Å²) in [5.41, 5.74) is 6.86. The zero-order chi connectivity index (χ0) is 26.6. The third-order valence-corrected chi connectivity index (χ3v) is 7.61. The van der Waals surface area contributed by atoms with Crippen molar-refractivity contribution in [2.24, 2.45) is 0 Å². The Labute approximate surface area is 229 Å². The van der Waals surface area contributed by atoms with E-state index in [-0.39, 0.29) is 0 Å². The zero-order valence-electron chi connectivity index (χ0n) is 21.3. The zero-order valence-corrected chi connectivity index (χ0v) is 21.3. The number of aromatic nitrogens is 4. The number of hydrogen-bond acceptors (Lipinski definition) is 3. The fraction of sp³-hybridized carbons (Fsp3) is 0. The van der Waals surface area contributed by atoms with Crippen molar-refractivity contribution in [1.29, 1.82) is 5.26 Å². The van der Waals surface area contributed by atoms with Crippen molar-refractivity contribution in [1.82, 2.24) is 19.5 Å². The molecule has 0 unspecified atom stereocenters. The molecule has 0 bridgehead atoms. The van der Waals surface area contributed by atoms with Gasteiger partial charge >= 0.3 is 0 Å². The Morgan fingerprint density at radius 1 is 0.600 bits per heavy atom. The van der Waals surface area contributed by atoms with Gasteiger partial charge in [-0.25, -0.2) is 9.97 Å². The van der Waals surface area contributed by atoms with Crippen LogP contribution in [0.25, 0.3) is 72.1 Å². The molecule has 0 saturated heterocycles. The monoisotopic (exact) mass is 511 g/mol. The Morgan fingerprint density at radius 2 is 1.25 bits per heavy atom. The largest absolute Gasteiger partial charge is 0.353 e. The smallest absolute Gasteiger partial charge is 0.162 e. The molecule has 5 heteroatoms. The molecule has 5 nitrogen and oxygen atoms in total. The maximum atomic E-state index is 10.6. The van der Waals surface area contributed by atoms with Crippen molar-refractivity contribution >= 4 is 43.6 Å². The van der Waals surface area contributed by atoms with E-state index in [1.807, 2.05) is 72.8 Å². The number of rotatable bonds is 3. The van der Waals surface area contributed by atoms with Crippen molar-refractivity contribution in [3.05, 3.63) is 127 Å². The SMILES string of the molecule is N#Cc1c(-c2ccccc2)nc(-c2ccccc2)nc1-n1c2ccccc2c2ccc3c4ccccc4[nH]c3c21. The quantitative estimate of drug-likeness (QED) is 0.259. The maximum Gasteiger partial charge on any atom is 0.162 e. The molecule has 0 fully saturated rings. The number of fused-ring (bicyclic) bond motifs is 7. The van der Waals surface area contributed by atoms with E-state index in [2.05, 4.69) is 64.2 Å². The number of hydrogen-bond donors (Lipinski definition) is 1. The molecule has 8 aromatic rings. The number of nitrogens with one attached hydrogen (secondary N) is 1. The summed E-state index contributed by atoms with van der Waals surface area (Å²) >= 11 is 0. The molecule has 3 heterocycles. The topological polar surface area (TPSA) is 70.3 Å². The second kappa shape index (κ2) is 8.65. The summed E-state index contributed by atoms with van der Waals surface area (Å²) in [6.07, 6.45) is 0. The fourth-order valence-corrected chi connectivity index (χ4v) is 5.83. The van der Waals surface area contributed by atoms with Gasteiger partial charge < -0.3 is 4.98 Å². The highest BCUT2D eigenvalue weighted by Gasteiger charge is 2.23. The first-order valence-corrected chi connectivity index (χ1v) is 13.2. The highest BCUT2D eigenvalue weighted by atomic mass is 15.1. The summed E-state index contributed by atoms with van der Waals surface area (Å²) < 4.78 is 2.14. The van der Waals surface area contributed by atoms with Gasteiger partial charge in [0.2, 0.25) is 0 Å². The summed E-state index contributed by atoms with van der Waals surface area (Å²) in [6.45, 7) is 0. The van der Waals surface area contributed by atoms with Crippen LogP contribution in [0.4, 0.5) is 0 Å². The number of benzene rings is 5. The van der Waals surface area contributed by atoms with Gasteiger partial charge in [-0.3, -0.25) is 4.57 Å². The molecule has 0 aliphatic carbocycles. The highest BCUT2D eigenvalue weighted by molar-refractivity contribution is 6.22. The molecular weight excluding hydrogens is 490 g/mol. The number of nitrogens with zero attached hydrogens (tertiary/aromatic N) is 4. The van der Waals surface area contributed by atoms with E-state index < -0.39 is 0 Å². The molecule has 0 aliphatic rings. The lowest BCUT2D eigenvalue weighted by molar-refractivity contribution is 1.04. The van der Waals surface area contributed by atoms with Crippen molar-refractivity contribution in [3.8, 4) is 34.5 Å². The van der Waals surface area contributed by atoms with Crippen molar-refractivity contribution < 1.29 is 0 Å². The van der Waals surface area contributed by atoms with Gasteiger partial charge in [0, 0.05) is 38.2 Å². The van der Waals surface area contributed by atoms with Gasteiger partial charge in [0.1, 0.15) is 11.6 Å². The van der Waals surface area contributed by atoms with Crippen LogP contribution in [0.1, 0.15) is 5.56 Å². The third-order valence-electron chi connectivity index (χ3n) is 7.61. The van der Waals surface area contributed by atoms with Crippen LogP contribution in [0, 0.1) is 11.3 Å². The first-order valence-electron chi connectivity index (χ1n) is 13.2. The van der Waals surface area contributed by atoms with Gasteiger partial charge in [0.05, 0.1) is 22.2 Å². The van der Waals surface area contributed by atoms with Gasteiger partial charge in [-0.1, -0.05) is 109 Å². The van der Waals surface area contributed by atoms with Gasteiger partial charge in [-0.2, -0.15) is 5.26 Å². The van der Waals surface area contributed by atoms with Gasteiger partial charge in [0.25, 0.3) is 0 Å². The van der Waals surface area contributed by atoms with Crippen molar-refractivity contribution in [2.75, 3.05) is 0 Å². The first kappa shape index (κ1) is 22.3. The van der Waals surface area contributed by atoms with Crippen LogP contribution < -0.4 is 0 Å². The number of aromatic amines is 1. The molecule has 3 aromatic heterocycles. The van der Waals surface area contributed by atoms with Crippen LogP contribution in [0.2, 0.25) is 0 Å². The molecule has 0 aliphatic heterocycles. The molecule has 0 saturated carbocycles. The van der Waals surface area contributed by atoms with E-state index in [0.29, 0.717) is 22.9 Å². The minimum atomic E-state index is 0.432. The Balaban J connectivity index is 1.58. The summed E-state index contributed by atoms with van der Waals surface area (Å²) in [6, 6.07) is 43.3. The lowest BCUT2D eigenvalue weighted by Crippen LogP contribution is -2.07. The standard InChI is InChI=1S/C35H21N5/c36-21-28-31(22-11-3-1-4-12-22)38-34(23-13-5-2-6-14-23)39-35(28)40-30-18-10-8-16-25(30)27-20-19-26-24-15-7-9-17-29(24)37-32(26)33(27)40/h1-20,37H. The lowest BCUT2D eigenvalue weighted by Gasteiger charge is -2.14. The van der Waals surface area contributed by atoms with Crippen LogP contribution in [0.3, 0.4) is 0 Å². The predicted molar refractivity (Wildman–Crippen MR) is 161 cm³/mol. The molecule has 1 N–H and O–H groups in total. The Hall–Kier alpha value is -5.73. The Morgan fingerprint density at radius 3 is 2.02 bits per heavy atom. The summed E-state index contributed by atoms with van der Waals surface area (Å²) in [4.78, 5) is 13.8. The number of nitriles is 1. The first-order chi connectivity index (χ1) is 19.8. The van der Waals surface area contributed by atoms with E-state index in [9.17, 15) is 5.26 Å². The Bertz CT molecular complexity index is 2270. The van der Waals surface area contributed by atoms with Crippen LogP contribution in [-0.4, -0.2) is 19.5 Å². The molecular formula is C35H21N5.